The van der Waals surface area contributed by atoms with Crippen molar-refractivity contribution in [1.29, 1.82) is 5.26 Å². The number of aryl methyl sites for hydroxylation is 2. The molecule has 0 spiro atoms. The Labute approximate surface area is 133 Å². The maximum atomic E-state index is 12.5. The summed E-state index contributed by atoms with van der Waals surface area (Å²) in [6.45, 7) is 4.34. The van der Waals surface area contributed by atoms with Crippen molar-refractivity contribution in [3.05, 3.63) is 41.9 Å². The van der Waals surface area contributed by atoms with Gasteiger partial charge in [0.1, 0.15) is 11.0 Å². The third-order valence-corrected chi connectivity index (χ3v) is 4.97. The molecule has 3 aromatic rings. The lowest BCUT2D eigenvalue weighted by atomic mass is 10.1. The predicted octanol–water partition coefficient (Wildman–Crippen LogP) is 2.37. The first-order chi connectivity index (χ1) is 11.0. The molecule has 0 aliphatic carbocycles. The smallest absolute Gasteiger partial charge is 0.265 e. The first-order valence-corrected chi connectivity index (χ1v) is 8.50. The van der Waals surface area contributed by atoms with Crippen LogP contribution in [0.1, 0.15) is 18.1 Å². The summed E-state index contributed by atoms with van der Waals surface area (Å²) in [7, 11) is -3.74. The average Bonchev–Trinajstić information content (AvgIpc) is 3.16. The summed E-state index contributed by atoms with van der Waals surface area (Å²) in [6.07, 6.45) is 4.36. The number of hydrogen-bond acceptors (Lipinski definition) is 4. The van der Waals surface area contributed by atoms with E-state index in [0.717, 1.165) is 10.9 Å². The van der Waals surface area contributed by atoms with Gasteiger partial charge in [0.05, 0.1) is 23.0 Å². The van der Waals surface area contributed by atoms with E-state index >= 15 is 0 Å². The van der Waals surface area contributed by atoms with E-state index in [2.05, 4.69) is 20.9 Å². The molecule has 0 saturated heterocycles. The topological polar surface area (TPSA) is 104 Å². The van der Waals surface area contributed by atoms with Gasteiger partial charge in [-0.15, -0.1) is 0 Å². The zero-order valence-corrected chi connectivity index (χ0v) is 13.5. The van der Waals surface area contributed by atoms with Crippen molar-refractivity contribution in [2.24, 2.45) is 0 Å². The lowest BCUT2D eigenvalue weighted by Crippen LogP contribution is -2.12. The van der Waals surface area contributed by atoms with Crippen LogP contribution in [-0.2, 0) is 16.6 Å². The number of aromatic amines is 1. The number of H-pyrrole nitrogens is 1. The van der Waals surface area contributed by atoms with Crippen LogP contribution in [0.5, 0.6) is 0 Å². The molecule has 0 unspecified atom stereocenters. The number of fused-ring (bicyclic) bond motifs is 1. The molecule has 1 aromatic carbocycles. The minimum absolute atomic E-state index is 0.0973. The summed E-state index contributed by atoms with van der Waals surface area (Å²) in [4.78, 5) is 3.07. The van der Waals surface area contributed by atoms with Crippen molar-refractivity contribution in [3.8, 4) is 6.07 Å². The first kappa shape index (κ1) is 15.1. The molecule has 23 heavy (non-hydrogen) atoms. The van der Waals surface area contributed by atoms with Gasteiger partial charge in [-0.2, -0.15) is 10.4 Å². The van der Waals surface area contributed by atoms with Crippen LogP contribution in [0, 0.1) is 18.3 Å². The highest BCUT2D eigenvalue weighted by Crippen LogP contribution is 2.29. The second-order valence-corrected chi connectivity index (χ2v) is 6.81. The van der Waals surface area contributed by atoms with E-state index in [9.17, 15) is 8.42 Å². The molecule has 0 bridgehead atoms. The highest BCUT2D eigenvalue weighted by atomic mass is 32.2. The lowest BCUT2D eigenvalue weighted by molar-refractivity contribution is 0.600. The molecular formula is C15H15N5O2S. The Morgan fingerprint density at radius 1 is 1.43 bits per heavy atom. The molecule has 0 saturated carbocycles. The Bertz CT molecular complexity index is 1020. The minimum Gasteiger partial charge on any atom is -0.358 e. The maximum Gasteiger partial charge on any atom is 0.265 e. The Hall–Kier alpha value is -2.79. The fraction of sp³-hybridized carbons (Fsp3) is 0.200. The van der Waals surface area contributed by atoms with Crippen LogP contribution in [0.2, 0.25) is 0 Å². The van der Waals surface area contributed by atoms with Gasteiger partial charge in [-0.3, -0.25) is 9.40 Å². The van der Waals surface area contributed by atoms with Crippen molar-refractivity contribution >= 4 is 26.6 Å². The van der Waals surface area contributed by atoms with Crippen LogP contribution in [0.3, 0.4) is 0 Å². The predicted molar refractivity (Wildman–Crippen MR) is 86.5 cm³/mol. The Morgan fingerprint density at radius 3 is 2.87 bits per heavy atom. The lowest BCUT2D eigenvalue weighted by Gasteiger charge is -2.09. The fourth-order valence-corrected chi connectivity index (χ4v) is 3.48. The van der Waals surface area contributed by atoms with Gasteiger partial charge in [-0.1, -0.05) is 6.07 Å². The quantitative estimate of drug-likeness (QED) is 0.766. The molecular weight excluding hydrogens is 314 g/mol. The molecule has 0 aliphatic heterocycles. The van der Waals surface area contributed by atoms with E-state index in [4.69, 9.17) is 5.26 Å². The summed E-state index contributed by atoms with van der Waals surface area (Å²) >= 11 is 0. The Kier molecular flexibility index (Phi) is 3.58. The number of aromatic nitrogens is 3. The molecule has 2 heterocycles. The number of benzene rings is 1. The number of nitrogens with one attached hydrogen (secondary N) is 2. The van der Waals surface area contributed by atoms with Crippen LogP contribution < -0.4 is 4.72 Å². The van der Waals surface area contributed by atoms with E-state index in [1.54, 1.807) is 23.0 Å². The van der Waals surface area contributed by atoms with Gasteiger partial charge >= 0.3 is 0 Å². The summed E-state index contributed by atoms with van der Waals surface area (Å²) in [5.41, 5.74) is 2.38. The van der Waals surface area contributed by atoms with E-state index in [1.165, 1.54) is 12.4 Å². The van der Waals surface area contributed by atoms with Crippen molar-refractivity contribution in [2.45, 2.75) is 25.3 Å². The van der Waals surface area contributed by atoms with Crippen LogP contribution >= 0.6 is 0 Å². The normalized spacial score (nSPS) is 11.5. The van der Waals surface area contributed by atoms with Crippen molar-refractivity contribution in [2.75, 3.05) is 4.72 Å². The second kappa shape index (κ2) is 5.44. The second-order valence-electron chi connectivity index (χ2n) is 5.13. The maximum absolute atomic E-state index is 12.5. The third-order valence-electron chi connectivity index (χ3n) is 3.65. The first-order valence-electron chi connectivity index (χ1n) is 7.02. The number of rotatable bonds is 4. The van der Waals surface area contributed by atoms with Gasteiger partial charge in [0, 0.05) is 24.3 Å². The van der Waals surface area contributed by atoms with Gasteiger partial charge in [0.25, 0.3) is 10.0 Å². The number of nitrogens with zero attached hydrogens (tertiary/aromatic N) is 3. The number of nitriles is 1. The van der Waals surface area contributed by atoms with Crippen LogP contribution in [0.4, 0.5) is 5.69 Å². The largest absolute Gasteiger partial charge is 0.358 e. The molecule has 2 N–H and O–H groups in total. The van der Waals surface area contributed by atoms with E-state index in [1.807, 2.05) is 13.8 Å². The molecule has 8 heteroatoms. The molecule has 0 aliphatic rings. The van der Waals surface area contributed by atoms with Gasteiger partial charge in [0.15, 0.2) is 0 Å². The van der Waals surface area contributed by atoms with Crippen molar-refractivity contribution < 1.29 is 8.42 Å². The highest BCUT2D eigenvalue weighted by molar-refractivity contribution is 7.92. The highest BCUT2D eigenvalue weighted by Gasteiger charge is 2.19. The molecule has 2 aromatic heterocycles. The number of anilines is 1. The number of hydrogen-bond donors (Lipinski definition) is 2. The fourth-order valence-electron chi connectivity index (χ4n) is 2.45. The standard InChI is InChI=1S/C15H15N5O2S/c1-3-20-9-12(8-18-20)23(21,22)19-13-5-4-10(2)14-11(6-16)7-17-15(13)14/h4-5,7-9,17,19H,3H2,1-2H3. The summed E-state index contributed by atoms with van der Waals surface area (Å²) in [6, 6.07) is 5.56. The zero-order valence-electron chi connectivity index (χ0n) is 12.7. The van der Waals surface area contributed by atoms with Gasteiger partial charge in [0.2, 0.25) is 0 Å². The van der Waals surface area contributed by atoms with Gasteiger partial charge in [-0.05, 0) is 25.5 Å². The Morgan fingerprint density at radius 2 is 2.22 bits per heavy atom. The minimum atomic E-state index is -3.74. The summed E-state index contributed by atoms with van der Waals surface area (Å²) in [5.74, 6) is 0. The summed E-state index contributed by atoms with van der Waals surface area (Å²) in [5, 5.41) is 13.9. The monoisotopic (exact) mass is 329 g/mol. The summed E-state index contributed by atoms with van der Waals surface area (Å²) < 4.78 is 29.1. The van der Waals surface area contributed by atoms with E-state index < -0.39 is 10.0 Å². The zero-order chi connectivity index (χ0) is 16.6. The molecule has 0 amide bonds. The van der Waals surface area contributed by atoms with Crippen molar-refractivity contribution in [3.63, 3.8) is 0 Å². The molecule has 0 radical (unpaired) electrons. The van der Waals surface area contributed by atoms with Crippen LogP contribution in [0.25, 0.3) is 10.9 Å². The van der Waals surface area contributed by atoms with Crippen LogP contribution in [-0.4, -0.2) is 23.2 Å². The van der Waals surface area contributed by atoms with Gasteiger partial charge in [-0.25, -0.2) is 8.42 Å². The Balaban J connectivity index is 2.06. The third kappa shape index (κ3) is 2.55. The molecule has 0 fully saturated rings. The molecule has 0 atom stereocenters. The number of sulfonamides is 1. The SMILES string of the molecule is CCn1cc(S(=O)(=O)Nc2ccc(C)c3c(C#N)c[nH]c23)cn1. The van der Waals surface area contributed by atoms with Crippen molar-refractivity contribution in [1.82, 2.24) is 14.8 Å². The van der Waals surface area contributed by atoms with E-state index in [0.29, 0.717) is 23.3 Å². The molecule has 3 rings (SSSR count). The molecule has 7 nitrogen and oxygen atoms in total. The average molecular weight is 329 g/mol. The van der Waals surface area contributed by atoms with Crippen LogP contribution in [0.15, 0.2) is 35.6 Å². The van der Waals surface area contributed by atoms with Gasteiger partial charge < -0.3 is 4.98 Å². The molecule has 118 valence electrons. The van der Waals surface area contributed by atoms with E-state index in [-0.39, 0.29) is 4.90 Å².